The minimum atomic E-state index is -0.786. The largest absolute Gasteiger partial charge is 0.388 e. The number of ether oxygens (including phenoxy) is 9. The zero-order valence-electron chi connectivity index (χ0n) is 17.4. The molecule has 0 bridgehead atoms. The van der Waals surface area contributed by atoms with E-state index in [2.05, 4.69) is 0 Å². The highest BCUT2D eigenvalue weighted by Gasteiger charge is 2.48. The summed E-state index contributed by atoms with van der Waals surface area (Å²) in [6.45, 7) is 1.96. The first-order valence-corrected chi connectivity index (χ1v) is 9.32. The normalized spacial score (nSPS) is 41.9. The third-order valence-corrected chi connectivity index (χ3v) is 5.17. The fourth-order valence-electron chi connectivity index (χ4n) is 3.63. The number of aliphatic hydroxyl groups is 1. The quantitative estimate of drug-likeness (QED) is 0.491. The Morgan fingerprint density at radius 2 is 1.54 bits per heavy atom. The summed E-state index contributed by atoms with van der Waals surface area (Å²) in [5.41, 5.74) is 0. The lowest BCUT2D eigenvalue weighted by Crippen LogP contribution is -2.61. The third kappa shape index (κ3) is 5.60. The van der Waals surface area contributed by atoms with Crippen LogP contribution in [0, 0.1) is 0 Å². The van der Waals surface area contributed by atoms with Crippen LogP contribution in [0.3, 0.4) is 0 Å². The van der Waals surface area contributed by atoms with Crippen LogP contribution in [0.5, 0.6) is 0 Å². The van der Waals surface area contributed by atoms with Gasteiger partial charge in [0.2, 0.25) is 0 Å². The van der Waals surface area contributed by atoms with E-state index in [9.17, 15) is 5.11 Å². The predicted octanol–water partition coefficient (Wildman–Crippen LogP) is -0.0958. The Bertz CT molecular complexity index is 439. The number of aliphatic hydroxyl groups excluding tert-OH is 1. The molecule has 0 aromatic rings. The standard InChI is InChI=1S/C18H34O10/c1-10-14(19)11(7-13(21-3)27-10)25-9-26-18-17(24-6)16(23-5)15(22-4)12(28-18)8-20-2/h10-19H,7-9H2,1-6H3/t10?,11-,12?,13?,14?,15-,16?,17?,18-/m1/s1. The van der Waals surface area contributed by atoms with Crippen molar-refractivity contribution >= 4 is 0 Å². The van der Waals surface area contributed by atoms with Crippen molar-refractivity contribution in [3.63, 3.8) is 0 Å². The van der Waals surface area contributed by atoms with E-state index in [0.29, 0.717) is 13.0 Å². The summed E-state index contributed by atoms with van der Waals surface area (Å²) in [4.78, 5) is 0. The summed E-state index contributed by atoms with van der Waals surface area (Å²) in [5, 5.41) is 10.3. The maximum Gasteiger partial charge on any atom is 0.189 e. The Labute approximate surface area is 166 Å². The molecule has 1 N–H and O–H groups in total. The first-order valence-electron chi connectivity index (χ1n) is 9.32. The number of hydrogen-bond acceptors (Lipinski definition) is 10. The monoisotopic (exact) mass is 410 g/mol. The van der Waals surface area contributed by atoms with Gasteiger partial charge in [0.1, 0.15) is 30.5 Å². The molecule has 9 atom stereocenters. The molecule has 28 heavy (non-hydrogen) atoms. The highest BCUT2D eigenvalue weighted by molar-refractivity contribution is 4.92. The summed E-state index contributed by atoms with van der Waals surface area (Å²) in [7, 11) is 7.84. The van der Waals surface area contributed by atoms with Crippen LogP contribution in [0.2, 0.25) is 0 Å². The van der Waals surface area contributed by atoms with Crippen LogP contribution >= 0.6 is 0 Å². The topological polar surface area (TPSA) is 103 Å². The molecule has 166 valence electrons. The zero-order chi connectivity index (χ0) is 20.7. The van der Waals surface area contributed by atoms with Crippen LogP contribution in [0.1, 0.15) is 13.3 Å². The van der Waals surface area contributed by atoms with Gasteiger partial charge in [0.15, 0.2) is 19.4 Å². The Morgan fingerprint density at radius 3 is 2.11 bits per heavy atom. The van der Waals surface area contributed by atoms with Crippen molar-refractivity contribution in [2.75, 3.05) is 48.9 Å². The van der Waals surface area contributed by atoms with E-state index in [0.717, 1.165) is 0 Å². The van der Waals surface area contributed by atoms with Gasteiger partial charge in [-0.3, -0.25) is 0 Å². The first-order chi connectivity index (χ1) is 13.5. The van der Waals surface area contributed by atoms with Gasteiger partial charge < -0.3 is 47.7 Å². The van der Waals surface area contributed by atoms with Crippen molar-refractivity contribution in [1.82, 2.24) is 0 Å². The molecule has 2 heterocycles. The first kappa shape index (κ1) is 23.9. The molecule has 0 amide bonds. The van der Waals surface area contributed by atoms with Crippen molar-refractivity contribution in [2.24, 2.45) is 0 Å². The molecule has 0 radical (unpaired) electrons. The van der Waals surface area contributed by atoms with Crippen LogP contribution in [-0.2, 0) is 42.6 Å². The van der Waals surface area contributed by atoms with Crippen molar-refractivity contribution in [1.29, 1.82) is 0 Å². The van der Waals surface area contributed by atoms with Crippen molar-refractivity contribution in [3.05, 3.63) is 0 Å². The molecule has 10 nitrogen and oxygen atoms in total. The molecule has 2 aliphatic heterocycles. The van der Waals surface area contributed by atoms with E-state index in [4.69, 9.17) is 42.6 Å². The second-order valence-corrected chi connectivity index (χ2v) is 6.82. The number of methoxy groups -OCH3 is 5. The minimum absolute atomic E-state index is 0.108. The van der Waals surface area contributed by atoms with Crippen molar-refractivity contribution < 1.29 is 47.7 Å². The average Bonchev–Trinajstić information content (AvgIpc) is 2.70. The predicted molar refractivity (Wildman–Crippen MR) is 95.7 cm³/mol. The van der Waals surface area contributed by atoms with Gasteiger partial charge in [0, 0.05) is 42.0 Å². The van der Waals surface area contributed by atoms with Gasteiger partial charge in [-0.2, -0.15) is 0 Å². The van der Waals surface area contributed by atoms with E-state index in [1.807, 2.05) is 0 Å². The lowest BCUT2D eigenvalue weighted by Gasteiger charge is -2.44. The van der Waals surface area contributed by atoms with Gasteiger partial charge in [0.25, 0.3) is 0 Å². The summed E-state index contributed by atoms with van der Waals surface area (Å²) in [5.74, 6) is 0. The molecule has 0 saturated carbocycles. The van der Waals surface area contributed by atoms with E-state index in [1.165, 1.54) is 0 Å². The zero-order valence-corrected chi connectivity index (χ0v) is 17.4. The SMILES string of the molecule is COCC1O[C@@H](OCO[C@@H]2CC(OC)OC(C)C2O)C(OC)C(OC)[C@@H]1OC. The van der Waals surface area contributed by atoms with Gasteiger partial charge >= 0.3 is 0 Å². The molecule has 0 aliphatic carbocycles. The fourth-order valence-corrected chi connectivity index (χ4v) is 3.63. The van der Waals surface area contributed by atoms with Crippen LogP contribution in [0.15, 0.2) is 0 Å². The molecule has 0 aromatic carbocycles. The summed E-state index contributed by atoms with van der Waals surface area (Å²) in [6, 6.07) is 0. The van der Waals surface area contributed by atoms with E-state index < -0.39 is 49.2 Å². The Kier molecular flexibility index (Phi) is 9.98. The van der Waals surface area contributed by atoms with Gasteiger partial charge in [-0.1, -0.05) is 0 Å². The van der Waals surface area contributed by atoms with Gasteiger partial charge in [0.05, 0.1) is 18.8 Å². The average molecular weight is 410 g/mol. The molecule has 2 rings (SSSR count). The van der Waals surface area contributed by atoms with Crippen molar-refractivity contribution in [2.45, 2.75) is 68.7 Å². The highest BCUT2D eigenvalue weighted by Crippen LogP contribution is 2.29. The molecular weight excluding hydrogens is 376 g/mol. The summed E-state index contributed by atoms with van der Waals surface area (Å²) >= 11 is 0. The Hall–Kier alpha value is -0.400. The molecule has 2 fully saturated rings. The second kappa shape index (κ2) is 11.7. The molecule has 10 heteroatoms. The van der Waals surface area contributed by atoms with Gasteiger partial charge in [-0.25, -0.2) is 0 Å². The maximum absolute atomic E-state index is 10.3. The fraction of sp³-hybridized carbons (Fsp3) is 1.00. The van der Waals surface area contributed by atoms with Crippen molar-refractivity contribution in [3.8, 4) is 0 Å². The molecule has 2 aliphatic rings. The molecule has 2 saturated heterocycles. The van der Waals surface area contributed by atoms with E-state index >= 15 is 0 Å². The van der Waals surface area contributed by atoms with Crippen LogP contribution in [0.4, 0.5) is 0 Å². The Balaban J connectivity index is 1.96. The smallest absolute Gasteiger partial charge is 0.189 e. The second-order valence-electron chi connectivity index (χ2n) is 6.82. The number of rotatable bonds is 10. The van der Waals surface area contributed by atoms with Gasteiger partial charge in [-0.15, -0.1) is 0 Å². The van der Waals surface area contributed by atoms with Crippen LogP contribution in [-0.4, -0.2) is 109 Å². The maximum atomic E-state index is 10.3. The molecule has 6 unspecified atom stereocenters. The lowest BCUT2D eigenvalue weighted by molar-refractivity contribution is -0.335. The summed E-state index contributed by atoms with van der Waals surface area (Å²) in [6.07, 6.45) is -4.21. The number of hydrogen-bond donors (Lipinski definition) is 1. The molecule has 0 aromatic heterocycles. The highest BCUT2D eigenvalue weighted by atomic mass is 16.8. The van der Waals surface area contributed by atoms with Crippen LogP contribution in [0.25, 0.3) is 0 Å². The molecular formula is C18H34O10. The third-order valence-electron chi connectivity index (χ3n) is 5.17. The van der Waals surface area contributed by atoms with Gasteiger partial charge in [-0.05, 0) is 6.92 Å². The Morgan fingerprint density at radius 1 is 0.857 bits per heavy atom. The summed E-state index contributed by atoms with van der Waals surface area (Å²) < 4.78 is 50.1. The molecule has 0 spiro atoms. The van der Waals surface area contributed by atoms with Crippen LogP contribution < -0.4 is 0 Å². The van der Waals surface area contributed by atoms with E-state index in [1.54, 1.807) is 42.5 Å². The lowest BCUT2D eigenvalue weighted by atomic mass is 9.98. The van der Waals surface area contributed by atoms with E-state index in [-0.39, 0.29) is 12.9 Å². The minimum Gasteiger partial charge on any atom is -0.388 e.